The summed E-state index contributed by atoms with van der Waals surface area (Å²) >= 11 is 0. The van der Waals surface area contributed by atoms with Gasteiger partial charge < -0.3 is 14.7 Å². The molecule has 1 N–H and O–H groups in total. The van der Waals surface area contributed by atoms with E-state index in [2.05, 4.69) is 0 Å². The van der Waals surface area contributed by atoms with Crippen molar-refractivity contribution in [1.29, 1.82) is 0 Å². The van der Waals surface area contributed by atoms with E-state index in [4.69, 9.17) is 9.84 Å². The third kappa shape index (κ3) is 2.86. The van der Waals surface area contributed by atoms with Crippen molar-refractivity contribution in [2.45, 2.75) is 20.3 Å². The quantitative estimate of drug-likeness (QED) is 0.888. The molecular weight excluding hydrogens is 246 g/mol. The summed E-state index contributed by atoms with van der Waals surface area (Å²) in [7, 11) is 0. The van der Waals surface area contributed by atoms with Gasteiger partial charge in [-0.1, -0.05) is 18.2 Å². The normalized spacial score (nSPS) is 18.4. The highest BCUT2D eigenvalue weighted by Crippen LogP contribution is 2.24. The Kier molecular flexibility index (Phi) is 3.74. The van der Waals surface area contributed by atoms with E-state index in [1.165, 1.54) is 4.90 Å². The number of hydrogen-bond donors (Lipinski definition) is 1. The molecule has 1 aliphatic heterocycles. The van der Waals surface area contributed by atoms with Crippen LogP contribution in [0.3, 0.4) is 0 Å². The Balaban J connectivity index is 2.04. The molecule has 1 fully saturated rings. The number of amides is 1. The first-order chi connectivity index (χ1) is 8.99. The standard InChI is InChI=1S/C14H17NO4/c1-9-4-3-5-10(2)12(9)19-14(18)15-7-6-11(8-15)13(16)17/h3-5,11H,6-8H2,1-2H3,(H,16,17). The van der Waals surface area contributed by atoms with Crippen LogP contribution in [0.5, 0.6) is 5.75 Å². The molecule has 5 heteroatoms. The summed E-state index contributed by atoms with van der Waals surface area (Å²) in [6.45, 7) is 4.40. The van der Waals surface area contributed by atoms with E-state index in [9.17, 15) is 9.59 Å². The molecule has 0 aromatic heterocycles. The first-order valence-electron chi connectivity index (χ1n) is 6.25. The van der Waals surface area contributed by atoms with Gasteiger partial charge >= 0.3 is 12.1 Å². The van der Waals surface area contributed by atoms with E-state index < -0.39 is 18.0 Å². The van der Waals surface area contributed by atoms with Gasteiger partial charge in [-0.3, -0.25) is 4.79 Å². The molecule has 1 unspecified atom stereocenters. The van der Waals surface area contributed by atoms with Crippen molar-refractivity contribution in [2.24, 2.45) is 5.92 Å². The predicted molar refractivity (Wildman–Crippen MR) is 69.3 cm³/mol. The van der Waals surface area contributed by atoms with Crippen LogP contribution in [0.4, 0.5) is 4.79 Å². The van der Waals surface area contributed by atoms with Crippen LogP contribution in [-0.4, -0.2) is 35.2 Å². The maximum absolute atomic E-state index is 12.0. The van der Waals surface area contributed by atoms with Crippen LogP contribution < -0.4 is 4.74 Å². The van der Waals surface area contributed by atoms with Crippen molar-refractivity contribution in [3.63, 3.8) is 0 Å². The van der Waals surface area contributed by atoms with Crippen LogP contribution in [0.25, 0.3) is 0 Å². The molecule has 102 valence electrons. The monoisotopic (exact) mass is 263 g/mol. The summed E-state index contributed by atoms with van der Waals surface area (Å²) in [5.74, 6) is -0.779. The molecule has 1 aromatic rings. The highest BCUT2D eigenvalue weighted by Gasteiger charge is 2.32. The zero-order chi connectivity index (χ0) is 14.0. The number of carbonyl (C=O) groups is 2. The zero-order valence-electron chi connectivity index (χ0n) is 11.0. The van der Waals surface area contributed by atoms with Gasteiger partial charge in [0, 0.05) is 13.1 Å². The van der Waals surface area contributed by atoms with E-state index in [-0.39, 0.29) is 6.54 Å². The Bertz CT molecular complexity index is 492. The van der Waals surface area contributed by atoms with Crippen molar-refractivity contribution in [3.8, 4) is 5.75 Å². The molecule has 5 nitrogen and oxygen atoms in total. The highest BCUT2D eigenvalue weighted by atomic mass is 16.6. The van der Waals surface area contributed by atoms with E-state index in [1.54, 1.807) is 0 Å². The molecule has 2 rings (SSSR count). The van der Waals surface area contributed by atoms with Gasteiger partial charge in [0.05, 0.1) is 5.92 Å². The van der Waals surface area contributed by atoms with Crippen LogP contribution in [-0.2, 0) is 4.79 Å². The van der Waals surface area contributed by atoms with Crippen molar-refractivity contribution in [2.75, 3.05) is 13.1 Å². The first kappa shape index (κ1) is 13.4. The van der Waals surface area contributed by atoms with Gasteiger partial charge in [0.25, 0.3) is 0 Å². The van der Waals surface area contributed by atoms with Gasteiger partial charge in [0.15, 0.2) is 0 Å². The Morgan fingerprint density at radius 1 is 1.32 bits per heavy atom. The Hall–Kier alpha value is -2.04. The van der Waals surface area contributed by atoms with E-state index in [0.717, 1.165) is 11.1 Å². The zero-order valence-corrected chi connectivity index (χ0v) is 11.0. The fraction of sp³-hybridized carbons (Fsp3) is 0.429. The summed E-state index contributed by atoms with van der Waals surface area (Å²) in [4.78, 5) is 24.3. The van der Waals surface area contributed by atoms with Gasteiger partial charge in [0.2, 0.25) is 0 Å². The van der Waals surface area contributed by atoms with Gasteiger partial charge in [-0.05, 0) is 31.4 Å². The second-order valence-electron chi connectivity index (χ2n) is 4.86. The number of carbonyl (C=O) groups excluding carboxylic acids is 1. The van der Waals surface area contributed by atoms with Crippen molar-refractivity contribution in [1.82, 2.24) is 4.90 Å². The Morgan fingerprint density at radius 3 is 2.47 bits per heavy atom. The second kappa shape index (κ2) is 5.30. The fourth-order valence-corrected chi connectivity index (χ4v) is 2.24. The lowest BCUT2D eigenvalue weighted by molar-refractivity contribution is -0.141. The summed E-state index contributed by atoms with van der Waals surface area (Å²) in [6, 6.07) is 5.65. The average molecular weight is 263 g/mol. The molecule has 1 heterocycles. The summed E-state index contributed by atoms with van der Waals surface area (Å²) in [5.41, 5.74) is 1.78. The lowest BCUT2D eigenvalue weighted by atomic mass is 10.1. The number of carboxylic acid groups (broad SMARTS) is 1. The van der Waals surface area contributed by atoms with Gasteiger partial charge in [-0.15, -0.1) is 0 Å². The van der Waals surface area contributed by atoms with Crippen LogP contribution in [0.15, 0.2) is 18.2 Å². The minimum Gasteiger partial charge on any atom is -0.481 e. The lowest BCUT2D eigenvalue weighted by Crippen LogP contribution is -2.32. The number of para-hydroxylation sites is 1. The average Bonchev–Trinajstić information content (AvgIpc) is 2.83. The first-order valence-corrected chi connectivity index (χ1v) is 6.25. The van der Waals surface area contributed by atoms with Crippen LogP contribution in [0.1, 0.15) is 17.5 Å². The minimum atomic E-state index is -0.859. The molecule has 0 bridgehead atoms. The predicted octanol–water partition coefficient (Wildman–Crippen LogP) is 2.21. The van der Waals surface area contributed by atoms with Gasteiger partial charge in [-0.2, -0.15) is 0 Å². The largest absolute Gasteiger partial charge is 0.481 e. The molecule has 19 heavy (non-hydrogen) atoms. The number of benzene rings is 1. The Labute approximate surface area is 111 Å². The number of ether oxygens (including phenoxy) is 1. The minimum absolute atomic E-state index is 0.221. The molecule has 1 saturated heterocycles. The molecule has 1 amide bonds. The number of carboxylic acids is 1. The molecule has 1 aliphatic rings. The number of aliphatic carboxylic acids is 1. The van der Waals surface area contributed by atoms with Crippen molar-refractivity contribution < 1.29 is 19.4 Å². The van der Waals surface area contributed by atoms with Crippen molar-refractivity contribution in [3.05, 3.63) is 29.3 Å². The summed E-state index contributed by atoms with van der Waals surface area (Å²) < 4.78 is 5.38. The number of rotatable bonds is 2. The number of hydrogen-bond acceptors (Lipinski definition) is 3. The lowest BCUT2D eigenvalue weighted by Gasteiger charge is -2.17. The molecule has 0 radical (unpaired) electrons. The third-order valence-corrected chi connectivity index (χ3v) is 3.39. The summed E-state index contributed by atoms with van der Waals surface area (Å²) in [5, 5.41) is 8.91. The summed E-state index contributed by atoms with van der Waals surface area (Å²) in [6.07, 6.45) is 0.0122. The SMILES string of the molecule is Cc1cccc(C)c1OC(=O)N1CCC(C(=O)O)C1. The molecule has 0 saturated carbocycles. The Morgan fingerprint density at radius 2 is 1.95 bits per heavy atom. The third-order valence-electron chi connectivity index (χ3n) is 3.39. The second-order valence-corrected chi connectivity index (χ2v) is 4.86. The number of nitrogens with zero attached hydrogens (tertiary/aromatic N) is 1. The molecule has 0 spiro atoms. The maximum Gasteiger partial charge on any atom is 0.415 e. The highest BCUT2D eigenvalue weighted by molar-refractivity contribution is 5.75. The van der Waals surface area contributed by atoms with E-state index >= 15 is 0 Å². The van der Waals surface area contributed by atoms with Gasteiger partial charge in [-0.25, -0.2) is 4.79 Å². The van der Waals surface area contributed by atoms with E-state index in [1.807, 2.05) is 32.0 Å². The number of likely N-dealkylation sites (tertiary alicyclic amines) is 1. The van der Waals surface area contributed by atoms with Gasteiger partial charge in [0.1, 0.15) is 5.75 Å². The van der Waals surface area contributed by atoms with Crippen molar-refractivity contribution >= 4 is 12.1 Å². The van der Waals surface area contributed by atoms with Crippen LogP contribution >= 0.6 is 0 Å². The molecular formula is C14H17NO4. The number of aryl methyl sites for hydroxylation is 2. The van der Waals surface area contributed by atoms with E-state index in [0.29, 0.717) is 18.7 Å². The topological polar surface area (TPSA) is 66.8 Å². The van der Waals surface area contributed by atoms with Crippen LogP contribution in [0.2, 0.25) is 0 Å². The fourth-order valence-electron chi connectivity index (χ4n) is 2.24. The van der Waals surface area contributed by atoms with Crippen LogP contribution in [0, 0.1) is 19.8 Å². The molecule has 0 aliphatic carbocycles. The molecule has 1 atom stereocenters. The maximum atomic E-state index is 12.0. The smallest absolute Gasteiger partial charge is 0.415 e. The molecule has 1 aromatic carbocycles.